The van der Waals surface area contributed by atoms with E-state index in [1.54, 1.807) is 55.5 Å². The number of nitrogens with two attached hydrogens (primary N) is 3. The SMILES string of the molecule is Cc1ccc(CC(=O)c2cccc(C)c2F)cc1C#Cc1nn(C2CCN(C)CC2)c2ncnc(N)c12.Cc1ccc(CC(=O)c2cccc(Cl)c2)cc1C#Cc1nn(C2CCN(C)CC2)c2ncnc(N)c12.Cc1ccc(F)c(C(=O)Cc2ccc(C)c(C#Cc3nn(C4CCN(C)CC4)c4ncnc(N)c34)c2)c1. The number of hydrogen-bond donors (Lipinski definition) is 3. The number of halogens is 3. The van der Waals surface area contributed by atoms with Crippen LogP contribution in [0.2, 0.25) is 5.02 Å². The van der Waals surface area contributed by atoms with Gasteiger partial charge in [-0.3, -0.25) is 14.4 Å². The maximum absolute atomic E-state index is 14.4. The molecule has 0 saturated carbocycles. The van der Waals surface area contributed by atoms with Crippen LogP contribution in [0.15, 0.2) is 134 Å². The highest BCUT2D eigenvalue weighted by Gasteiger charge is 2.28. The molecule has 0 aliphatic carbocycles. The third-order valence-electron chi connectivity index (χ3n) is 20.7. The van der Waals surface area contributed by atoms with Crippen molar-refractivity contribution in [1.29, 1.82) is 0 Å². The van der Waals surface area contributed by atoms with Crippen LogP contribution in [0.25, 0.3) is 33.1 Å². The van der Waals surface area contributed by atoms with Crippen molar-refractivity contribution in [1.82, 2.24) is 73.9 Å². The van der Waals surface area contributed by atoms with E-state index in [2.05, 4.69) is 101 Å². The molecule has 0 atom stereocenters. The highest BCUT2D eigenvalue weighted by molar-refractivity contribution is 6.31. The summed E-state index contributed by atoms with van der Waals surface area (Å²) < 4.78 is 34.5. The van der Waals surface area contributed by atoms with Gasteiger partial charge in [0.1, 0.15) is 65.2 Å². The molecule has 0 radical (unpaired) electrons. The topological polar surface area (TPSA) is 270 Å². The van der Waals surface area contributed by atoms with Gasteiger partial charge in [-0.05, 0) is 239 Å². The molecule has 0 spiro atoms. The Bertz CT molecular complexity index is 5550. The molecule has 21 nitrogen and oxygen atoms in total. The monoisotopic (exact) mass is 1490 g/mol. The highest BCUT2D eigenvalue weighted by Crippen LogP contribution is 2.33. The molecule has 12 aromatic rings. The van der Waals surface area contributed by atoms with E-state index in [-0.39, 0.29) is 65.9 Å². The Morgan fingerprint density at radius 3 is 1.19 bits per heavy atom. The van der Waals surface area contributed by atoms with E-state index in [9.17, 15) is 23.2 Å². The van der Waals surface area contributed by atoms with Gasteiger partial charge in [0.2, 0.25) is 0 Å². The van der Waals surface area contributed by atoms with Gasteiger partial charge in [-0.1, -0.05) is 102 Å². The van der Waals surface area contributed by atoms with Gasteiger partial charge in [0.05, 0.1) is 45.4 Å². The van der Waals surface area contributed by atoms with Gasteiger partial charge in [0.15, 0.2) is 34.3 Å². The number of likely N-dealkylation sites (tertiary alicyclic amines) is 3. The Morgan fingerprint density at radius 2 is 0.800 bits per heavy atom. The minimum atomic E-state index is -0.505. The van der Waals surface area contributed by atoms with Gasteiger partial charge in [-0.2, -0.15) is 15.3 Å². The molecule has 3 saturated heterocycles. The number of rotatable bonds is 12. The summed E-state index contributed by atoms with van der Waals surface area (Å²) >= 11 is 6.05. The second kappa shape index (κ2) is 33.7. The Balaban J connectivity index is 0.000000145. The van der Waals surface area contributed by atoms with Crippen LogP contribution in [0, 0.1) is 81.8 Å². The van der Waals surface area contributed by atoms with E-state index in [1.165, 1.54) is 31.1 Å². The minimum absolute atomic E-state index is 0.00745. The van der Waals surface area contributed by atoms with E-state index in [0.717, 1.165) is 139 Å². The molecule has 0 unspecified atom stereocenters. The van der Waals surface area contributed by atoms with E-state index >= 15 is 0 Å². The van der Waals surface area contributed by atoms with Crippen LogP contribution in [0.3, 0.4) is 0 Å². The zero-order valence-electron chi connectivity index (χ0n) is 62.8. The number of nitrogen functional groups attached to an aromatic ring is 3. The second-order valence-corrected chi connectivity index (χ2v) is 29.2. The Hall–Kier alpha value is -11.9. The van der Waals surface area contributed by atoms with Crippen LogP contribution < -0.4 is 17.2 Å². The first-order valence-electron chi connectivity index (χ1n) is 36.7. The number of ketones is 3. The maximum Gasteiger partial charge on any atom is 0.170 e. The molecule has 0 amide bonds. The van der Waals surface area contributed by atoms with Crippen molar-refractivity contribution in [3.8, 4) is 35.5 Å². The highest BCUT2D eigenvalue weighted by atomic mass is 35.5. The standard InChI is InChI=1S/2C29H29FN6O.C28H27ClN6O/c1-18-4-8-24(30)23(14-18)26(37)16-20-6-5-19(2)21(15-20)7-9-25-27-28(31)32-17-33-29(27)36(34-25)22-10-12-35(3)13-11-22;1-18-7-8-20(16-25(37)23-6-4-5-19(2)27(23)30)15-21(18)9-10-24-26-28(31)32-17-33-29(26)36(34-24)22-11-13-35(3)14-12-22;1-18-6-7-19(15-25(36)21-4-3-5-22(29)16-21)14-20(18)8-9-24-26-27(30)31-17-32-28(26)35(33-24)23-10-12-34(2)13-11-23/h4-6,8,14-15,17,22H,10-13,16H2,1-3H3,(H2,31,32,33);4-8,15,17,22H,11-14,16H2,1-3H3,(H2,31,32,33);3-7,14,16-17,23H,10-13,15H2,1-2H3,(H2,30,31,32). The molecule has 6 aromatic carbocycles. The van der Waals surface area contributed by atoms with E-state index in [4.69, 9.17) is 44.1 Å². The van der Waals surface area contributed by atoms with Crippen molar-refractivity contribution in [3.05, 3.63) is 246 Å². The van der Waals surface area contributed by atoms with Crippen molar-refractivity contribution >= 4 is 79.5 Å². The molecule has 3 aliphatic rings. The van der Waals surface area contributed by atoms with Crippen LogP contribution in [-0.2, 0) is 19.3 Å². The average molecular weight is 1490 g/mol. The number of piperidine rings is 3. The Morgan fingerprint density at radius 1 is 0.427 bits per heavy atom. The predicted molar refractivity (Wildman–Crippen MR) is 426 cm³/mol. The van der Waals surface area contributed by atoms with Gasteiger partial charge in [-0.15, -0.1) is 0 Å². The predicted octanol–water partition coefficient (Wildman–Crippen LogP) is 13.0. The molecule has 15 rings (SSSR count). The summed E-state index contributed by atoms with van der Waals surface area (Å²) in [6, 6.07) is 34.4. The largest absolute Gasteiger partial charge is 0.383 e. The smallest absolute Gasteiger partial charge is 0.170 e. The average Bonchev–Trinajstić information content (AvgIpc) is 1.63. The Labute approximate surface area is 642 Å². The molecule has 24 heteroatoms. The lowest BCUT2D eigenvalue weighted by molar-refractivity contribution is 0.0980. The van der Waals surface area contributed by atoms with E-state index in [1.807, 2.05) is 96.3 Å². The second-order valence-electron chi connectivity index (χ2n) is 28.8. The van der Waals surface area contributed by atoms with Crippen LogP contribution in [0.4, 0.5) is 26.2 Å². The number of carbonyl (C=O) groups excluding carboxylic acids is 3. The number of aryl methyl sites for hydroxylation is 5. The first-order valence-corrected chi connectivity index (χ1v) is 37.1. The fourth-order valence-electron chi connectivity index (χ4n) is 14.1. The zero-order chi connectivity index (χ0) is 77.4. The summed E-state index contributed by atoms with van der Waals surface area (Å²) in [6.07, 6.45) is 10.7. The van der Waals surface area contributed by atoms with Crippen molar-refractivity contribution in [3.63, 3.8) is 0 Å². The number of benzene rings is 6. The van der Waals surface area contributed by atoms with Crippen LogP contribution >= 0.6 is 11.6 Å². The molecule has 110 heavy (non-hydrogen) atoms. The van der Waals surface area contributed by atoms with Crippen LogP contribution in [-0.4, -0.2) is 152 Å². The van der Waals surface area contributed by atoms with Gasteiger partial charge in [0, 0.05) is 46.5 Å². The first kappa shape index (κ1) is 76.3. The van der Waals surface area contributed by atoms with Gasteiger partial charge >= 0.3 is 0 Å². The van der Waals surface area contributed by atoms with Crippen LogP contribution in [0.1, 0.15) is 166 Å². The molecule has 0 bridgehead atoms. The van der Waals surface area contributed by atoms with Crippen molar-refractivity contribution in [2.24, 2.45) is 0 Å². The molecule has 9 heterocycles. The fraction of sp³-hybridized carbons (Fsp3) is 0.302. The van der Waals surface area contributed by atoms with E-state index in [0.29, 0.717) is 78.1 Å². The molecule has 3 aliphatic heterocycles. The van der Waals surface area contributed by atoms with Crippen molar-refractivity contribution < 1.29 is 23.2 Å². The Kier molecular flexibility index (Phi) is 23.4. The molecule has 558 valence electrons. The first-order chi connectivity index (χ1) is 53.0. The number of hydrogen-bond acceptors (Lipinski definition) is 18. The number of anilines is 3. The summed E-state index contributed by atoms with van der Waals surface area (Å²) in [4.78, 5) is 71.3. The fourth-order valence-corrected chi connectivity index (χ4v) is 14.3. The van der Waals surface area contributed by atoms with Crippen molar-refractivity contribution in [2.45, 2.75) is 111 Å². The summed E-state index contributed by atoms with van der Waals surface area (Å²) in [7, 11) is 6.37. The molecule has 6 N–H and O–H groups in total. The van der Waals surface area contributed by atoms with Crippen LogP contribution in [0.5, 0.6) is 0 Å². The van der Waals surface area contributed by atoms with Gasteiger partial charge in [-0.25, -0.2) is 52.7 Å². The van der Waals surface area contributed by atoms with Gasteiger partial charge in [0.25, 0.3) is 0 Å². The normalized spacial score (nSPS) is 14.5. The van der Waals surface area contributed by atoms with Crippen molar-refractivity contribution in [2.75, 3.05) is 77.6 Å². The summed E-state index contributed by atoms with van der Waals surface area (Å²) in [5, 5.41) is 17.0. The zero-order valence-corrected chi connectivity index (χ0v) is 63.6. The quantitative estimate of drug-likeness (QED) is 0.0757. The van der Waals surface area contributed by atoms with E-state index < -0.39 is 11.6 Å². The third kappa shape index (κ3) is 17.5. The third-order valence-corrected chi connectivity index (χ3v) is 20.9. The lowest BCUT2D eigenvalue weighted by Gasteiger charge is -2.29. The maximum atomic E-state index is 14.4. The minimum Gasteiger partial charge on any atom is -0.383 e. The summed E-state index contributed by atoms with van der Waals surface area (Å²) in [5.74, 6) is 18.9. The molecular formula is C86H85ClF2N18O3. The molecular weight excluding hydrogens is 1410 g/mol. The number of aromatic nitrogens is 12. The number of carbonyl (C=O) groups is 3. The summed E-state index contributed by atoms with van der Waals surface area (Å²) in [5.41, 5.74) is 32.3. The van der Waals surface area contributed by atoms with Gasteiger partial charge < -0.3 is 31.9 Å². The number of Topliss-reactive ketones (excluding diaryl/α,β-unsaturated/α-hetero) is 3. The molecule has 6 aromatic heterocycles. The summed E-state index contributed by atoms with van der Waals surface area (Å²) in [6.45, 7) is 15.4. The lowest BCUT2D eigenvalue weighted by Crippen LogP contribution is -2.32. The molecule has 3 fully saturated rings. The number of nitrogens with zero attached hydrogens (tertiary/aromatic N) is 15. The number of fused-ring (bicyclic) bond motifs is 3. The lowest BCUT2D eigenvalue weighted by atomic mass is 9.98.